The highest BCUT2D eigenvalue weighted by Gasteiger charge is 2.62. The normalized spacial score (nSPS) is 22.6. The quantitative estimate of drug-likeness (QED) is 0.427. The molecule has 33 heavy (non-hydrogen) atoms. The standard InChI is InChI=1S/C23H19F4N3O3/c1-2-11-9-22(33,23(25,26)27)21(13-8-15(24)14(10-28)20(32)19(11)13)30-17-5-3-4-16-12(17)6-7-18(31)29-16/h3-8,11,21,30,32-33H,2,9H2,1H3,(H,29,31)/t11-,21+,22-/m1/s1. The third-order valence-electron chi connectivity index (χ3n) is 6.24. The van der Waals surface area contributed by atoms with Gasteiger partial charge in [0.25, 0.3) is 0 Å². The van der Waals surface area contributed by atoms with E-state index in [4.69, 9.17) is 0 Å². The number of fused-ring (bicyclic) bond motifs is 2. The molecule has 0 saturated carbocycles. The number of rotatable bonds is 3. The van der Waals surface area contributed by atoms with Crippen LogP contribution in [0.5, 0.6) is 5.75 Å². The fourth-order valence-electron chi connectivity index (χ4n) is 4.59. The van der Waals surface area contributed by atoms with Gasteiger partial charge >= 0.3 is 6.18 Å². The Hall–Kier alpha value is -3.58. The summed E-state index contributed by atoms with van der Waals surface area (Å²) < 4.78 is 57.4. The molecule has 3 aromatic rings. The number of nitrogens with zero attached hydrogens (tertiary/aromatic N) is 1. The first-order valence-corrected chi connectivity index (χ1v) is 10.1. The van der Waals surface area contributed by atoms with Crippen molar-refractivity contribution in [2.45, 2.75) is 43.5 Å². The Morgan fingerprint density at radius 1 is 1.30 bits per heavy atom. The third-order valence-corrected chi connectivity index (χ3v) is 6.24. The minimum Gasteiger partial charge on any atom is -0.506 e. The Kier molecular flexibility index (Phi) is 5.33. The highest BCUT2D eigenvalue weighted by molar-refractivity contribution is 5.91. The summed E-state index contributed by atoms with van der Waals surface area (Å²) >= 11 is 0. The maximum Gasteiger partial charge on any atom is 0.419 e. The Bertz CT molecular complexity index is 1350. The number of benzene rings is 2. The maximum absolute atomic E-state index is 14.6. The van der Waals surface area contributed by atoms with Crippen LogP contribution in [0.15, 0.2) is 41.2 Å². The summed E-state index contributed by atoms with van der Waals surface area (Å²) in [5.74, 6) is -2.89. The second-order valence-corrected chi connectivity index (χ2v) is 8.09. The number of aromatic nitrogens is 1. The zero-order valence-corrected chi connectivity index (χ0v) is 17.3. The molecule has 1 aliphatic rings. The van der Waals surface area contributed by atoms with E-state index in [1.54, 1.807) is 13.0 Å². The molecule has 0 saturated heterocycles. The fraction of sp³-hybridized carbons (Fsp3) is 0.304. The number of nitrogens with one attached hydrogen (secondary N) is 2. The summed E-state index contributed by atoms with van der Waals surface area (Å²) in [4.78, 5) is 14.2. The molecule has 1 heterocycles. The van der Waals surface area contributed by atoms with Crippen LogP contribution >= 0.6 is 0 Å². The number of phenolic OH excluding ortho intramolecular Hbond substituents is 1. The van der Waals surface area contributed by atoms with Gasteiger partial charge < -0.3 is 20.5 Å². The van der Waals surface area contributed by atoms with Crippen molar-refractivity contribution >= 4 is 16.6 Å². The van der Waals surface area contributed by atoms with Gasteiger partial charge in [0.1, 0.15) is 23.2 Å². The number of halogens is 4. The van der Waals surface area contributed by atoms with E-state index in [9.17, 15) is 37.8 Å². The lowest BCUT2D eigenvalue weighted by Gasteiger charge is -2.46. The number of hydrogen-bond acceptors (Lipinski definition) is 5. The Labute approximate surface area is 185 Å². The van der Waals surface area contributed by atoms with Gasteiger partial charge in [-0.15, -0.1) is 0 Å². The van der Waals surface area contributed by atoms with Crippen LogP contribution in [0.25, 0.3) is 10.9 Å². The molecular formula is C23H19F4N3O3. The first kappa shape index (κ1) is 22.6. The smallest absolute Gasteiger partial charge is 0.419 e. The van der Waals surface area contributed by atoms with E-state index in [1.165, 1.54) is 30.3 Å². The minimum absolute atomic E-state index is 0.00415. The van der Waals surface area contributed by atoms with E-state index in [1.807, 2.05) is 0 Å². The monoisotopic (exact) mass is 461 g/mol. The van der Waals surface area contributed by atoms with Gasteiger partial charge in [-0.2, -0.15) is 18.4 Å². The van der Waals surface area contributed by atoms with Gasteiger partial charge in [0, 0.05) is 22.7 Å². The van der Waals surface area contributed by atoms with Gasteiger partial charge in [0.05, 0.1) is 11.6 Å². The number of nitriles is 1. The lowest BCUT2D eigenvalue weighted by Crippen LogP contribution is -2.55. The van der Waals surface area contributed by atoms with E-state index in [2.05, 4.69) is 10.3 Å². The van der Waals surface area contributed by atoms with Crippen LogP contribution in [0.1, 0.15) is 48.4 Å². The van der Waals surface area contributed by atoms with Gasteiger partial charge in [-0.25, -0.2) is 4.39 Å². The summed E-state index contributed by atoms with van der Waals surface area (Å²) in [5, 5.41) is 33.8. The van der Waals surface area contributed by atoms with Crippen molar-refractivity contribution in [2.24, 2.45) is 0 Å². The zero-order valence-electron chi connectivity index (χ0n) is 17.3. The number of H-pyrrole nitrogens is 1. The van der Waals surface area contributed by atoms with Crippen molar-refractivity contribution in [3.8, 4) is 11.8 Å². The lowest BCUT2D eigenvalue weighted by molar-refractivity contribution is -0.272. The molecule has 1 aromatic heterocycles. The van der Waals surface area contributed by atoms with Crippen LogP contribution in [0.2, 0.25) is 0 Å². The number of pyridine rings is 1. The molecule has 3 atom stereocenters. The van der Waals surface area contributed by atoms with Crippen molar-refractivity contribution < 1.29 is 27.8 Å². The van der Waals surface area contributed by atoms with Crippen molar-refractivity contribution in [3.63, 3.8) is 0 Å². The van der Waals surface area contributed by atoms with Crippen LogP contribution in [0.3, 0.4) is 0 Å². The summed E-state index contributed by atoms with van der Waals surface area (Å²) in [7, 11) is 0. The molecular weight excluding hydrogens is 442 g/mol. The SMILES string of the molecule is CC[C@@H]1C[C@](O)(C(F)(F)F)[C@@H](Nc2cccc3[nH]c(=O)ccc23)c2cc(F)c(C#N)c(O)c21. The van der Waals surface area contributed by atoms with Crippen LogP contribution in [0.4, 0.5) is 23.2 Å². The Balaban J connectivity index is 1.99. The van der Waals surface area contributed by atoms with E-state index < -0.39 is 52.8 Å². The summed E-state index contributed by atoms with van der Waals surface area (Å²) in [5.41, 5.74) is -4.17. The molecule has 4 N–H and O–H groups in total. The summed E-state index contributed by atoms with van der Waals surface area (Å²) in [6, 6.07) is 7.54. The molecule has 172 valence electrons. The van der Waals surface area contributed by atoms with E-state index in [0.717, 1.165) is 6.07 Å². The molecule has 1 aliphatic carbocycles. The molecule has 0 amide bonds. The van der Waals surface area contributed by atoms with Gasteiger partial charge in [-0.3, -0.25) is 4.79 Å². The number of alkyl halides is 3. The fourth-order valence-corrected chi connectivity index (χ4v) is 4.59. The zero-order chi connectivity index (χ0) is 24.1. The number of hydrogen-bond donors (Lipinski definition) is 4. The molecule has 4 rings (SSSR count). The van der Waals surface area contributed by atoms with E-state index >= 15 is 0 Å². The number of aromatic hydroxyl groups is 1. The molecule has 0 bridgehead atoms. The van der Waals surface area contributed by atoms with Gasteiger partial charge in [0.2, 0.25) is 5.56 Å². The molecule has 6 nitrogen and oxygen atoms in total. The molecule has 0 unspecified atom stereocenters. The van der Waals surface area contributed by atoms with Crippen molar-refractivity contribution in [2.75, 3.05) is 5.32 Å². The predicted octanol–water partition coefficient (Wildman–Crippen LogP) is 4.59. The number of aliphatic hydroxyl groups is 1. The third kappa shape index (κ3) is 3.49. The van der Waals surface area contributed by atoms with Crippen LogP contribution in [-0.2, 0) is 0 Å². The van der Waals surface area contributed by atoms with Gasteiger partial charge in [-0.05, 0) is 48.6 Å². The number of aromatic amines is 1. The van der Waals surface area contributed by atoms with Crippen molar-refractivity contribution in [3.05, 3.63) is 69.3 Å². The first-order valence-electron chi connectivity index (χ1n) is 10.1. The lowest BCUT2D eigenvalue weighted by atomic mass is 9.68. The van der Waals surface area contributed by atoms with Crippen molar-refractivity contribution in [1.29, 1.82) is 5.26 Å². The van der Waals surface area contributed by atoms with Crippen LogP contribution in [-0.4, -0.2) is 27.0 Å². The Morgan fingerprint density at radius 3 is 2.67 bits per heavy atom. The average molecular weight is 461 g/mol. The largest absolute Gasteiger partial charge is 0.506 e. The average Bonchev–Trinajstić information content (AvgIpc) is 2.74. The van der Waals surface area contributed by atoms with Gasteiger partial charge in [-0.1, -0.05) is 13.0 Å². The topological polar surface area (TPSA) is 109 Å². The summed E-state index contributed by atoms with van der Waals surface area (Å²) in [6.45, 7) is 1.58. The van der Waals surface area contributed by atoms with Gasteiger partial charge in [0.15, 0.2) is 5.60 Å². The second kappa shape index (κ2) is 7.78. The van der Waals surface area contributed by atoms with Crippen LogP contribution < -0.4 is 10.9 Å². The van der Waals surface area contributed by atoms with Crippen LogP contribution in [0, 0.1) is 17.1 Å². The molecule has 0 spiro atoms. The second-order valence-electron chi connectivity index (χ2n) is 8.09. The molecule has 10 heteroatoms. The molecule has 2 aromatic carbocycles. The number of phenols is 1. The number of anilines is 1. The van der Waals surface area contributed by atoms with Crippen molar-refractivity contribution in [1.82, 2.24) is 4.98 Å². The molecule has 0 radical (unpaired) electrons. The van der Waals surface area contributed by atoms with E-state index in [-0.39, 0.29) is 23.2 Å². The minimum atomic E-state index is -5.10. The Morgan fingerprint density at radius 2 is 2.03 bits per heavy atom. The molecule has 0 fully saturated rings. The highest BCUT2D eigenvalue weighted by Crippen LogP contribution is 2.55. The summed E-state index contributed by atoms with van der Waals surface area (Å²) in [6.07, 6.45) is -5.80. The first-order chi connectivity index (χ1) is 15.5. The van der Waals surface area contributed by atoms with E-state index in [0.29, 0.717) is 10.9 Å². The highest BCUT2D eigenvalue weighted by atomic mass is 19.4. The molecule has 0 aliphatic heterocycles. The predicted molar refractivity (Wildman–Crippen MR) is 112 cm³/mol. The maximum atomic E-state index is 14.6.